The number of nitrogens with zero attached hydrogens (tertiary/aromatic N) is 3. The number of hydrogen-bond acceptors (Lipinski definition) is 6. The molecule has 0 aliphatic carbocycles. The topological polar surface area (TPSA) is 110 Å². The molecule has 2 heterocycles. The van der Waals surface area contributed by atoms with Gasteiger partial charge in [-0.05, 0) is 36.8 Å². The second-order valence-electron chi connectivity index (χ2n) is 9.59. The molecule has 1 fully saturated rings. The van der Waals surface area contributed by atoms with Gasteiger partial charge in [0.1, 0.15) is 12.4 Å². The Kier molecular flexibility index (Phi) is 9.67. The van der Waals surface area contributed by atoms with E-state index in [1.165, 1.54) is 13.0 Å². The molecule has 0 bridgehead atoms. The van der Waals surface area contributed by atoms with Crippen LogP contribution >= 0.6 is 0 Å². The van der Waals surface area contributed by atoms with Gasteiger partial charge in [0.25, 0.3) is 0 Å². The van der Waals surface area contributed by atoms with Crippen LogP contribution in [-0.4, -0.2) is 79.2 Å². The molecule has 40 heavy (non-hydrogen) atoms. The molecule has 1 saturated heterocycles. The normalized spacial score (nSPS) is 17.0. The molecular weight excluding hydrogens is 522 g/mol. The lowest BCUT2D eigenvalue weighted by atomic mass is 9.94. The summed E-state index contributed by atoms with van der Waals surface area (Å²) in [5, 5.41) is 13.1. The van der Waals surface area contributed by atoms with Crippen LogP contribution in [0.4, 0.5) is 19.4 Å². The van der Waals surface area contributed by atoms with Gasteiger partial charge in [-0.2, -0.15) is 0 Å². The van der Waals surface area contributed by atoms with Gasteiger partial charge < -0.3 is 20.1 Å². The van der Waals surface area contributed by atoms with Crippen LogP contribution in [0.1, 0.15) is 24.0 Å². The second kappa shape index (κ2) is 13.4. The van der Waals surface area contributed by atoms with Crippen molar-refractivity contribution in [3.05, 3.63) is 71.3 Å². The van der Waals surface area contributed by atoms with Gasteiger partial charge in [0, 0.05) is 39.6 Å². The number of aromatic nitrogens is 2. The van der Waals surface area contributed by atoms with E-state index in [4.69, 9.17) is 9.47 Å². The highest BCUT2D eigenvalue weighted by molar-refractivity contribution is 5.90. The number of carbonyl (C=O) groups is 2. The summed E-state index contributed by atoms with van der Waals surface area (Å²) in [6, 6.07) is 12.3. The zero-order chi connectivity index (χ0) is 28.6. The third-order valence-electron chi connectivity index (χ3n) is 6.72. The highest BCUT2D eigenvalue weighted by atomic mass is 19.2. The molecule has 3 aromatic rings. The molecule has 214 valence electrons. The van der Waals surface area contributed by atoms with Crippen molar-refractivity contribution < 1.29 is 27.8 Å². The quantitative estimate of drug-likeness (QED) is 0.313. The largest absolute Gasteiger partial charge is 0.474 e. The fourth-order valence-corrected chi connectivity index (χ4v) is 4.72. The van der Waals surface area contributed by atoms with Crippen molar-refractivity contribution >= 4 is 17.8 Å². The highest BCUT2D eigenvalue weighted by Crippen LogP contribution is 2.30. The van der Waals surface area contributed by atoms with E-state index >= 15 is 0 Å². The molecule has 10 nitrogen and oxygen atoms in total. The average Bonchev–Trinajstić information content (AvgIpc) is 3.47. The Balaban J connectivity index is 1.54. The van der Waals surface area contributed by atoms with Crippen molar-refractivity contribution in [2.45, 2.75) is 25.8 Å². The Morgan fingerprint density at radius 3 is 2.55 bits per heavy atom. The van der Waals surface area contributed by atoms with Crippen molar-refractivity contribution in [2.24, 2.45) is 0 Å². The molecule has 2 atom stereocenters. The van der Waals surface area contributed by atoms with E-state index < -0.39 is 17.7 Å². The molecule has 0 saturated carbocycles. The van der Waals surface area contributed by atoms with Gasteiger partial charge in [-0.1, -0.05) is 24.3 Å². The van der Waals surface area contributed by atoms with Crippen LogP contribution in [0.25, 0.3) is 5.69 Å². The number of urea groups is 1. The van der Waals surface area contributed by atoms with E-state index in [9.17, 15) is 18.4 Å². The van der Waals surface area contributed by atoms with Crippen LogP contribution in [0.2, 0.25) is 0 Å². The smallest absolute Gasteiger partial charge is 0.320 e. The molecule has 4 rings (SSSR count). The number of hydrogen-bond donors (Lipinski definition) is 3. The summed E-state index contributed by atoms with van der Waals surface area (Å²) in [6.45, 7) is 5.91. The second-order valence-corrected chi connectivity index (χ2v) is 9.59. The Morgan fingerprint density at radius 1 is 1.07 bits per heavy atom. The van der Waals surface area contributed by atoms with Gasteiger partial charge in [-0.25, -0.2) is 18.3 Å². The van der Waals surface area contributed by atoms with E-state index in [-0.39, 0.29) is 24.5 Å². The molecule has 12 heteroatoms. The van der Waals surface area contributed by atoms with E-state index in [0.29, 0.717) is 61.3 Å². The molecule has 2 aromatic carbocycles. The predicted molar refractivity (Wildman–Crippen MR) is 146 cm³/mol. The van der Waals surface area contributed by atoms with Crippen LogP contribution in [0.5, 0.6) is 5.88 Å². The van der Waals surface area contributed by atoms with Crippen LogP contribution in [0.3, 0.4) is 0 Å². The van der Waals surface area contributed by atoms with Crippen molar-refractivity contribution in [3.8, 4) is 11.6 Å². The van der Waals surface area contributed by atoms with Crippen molar-refractivity contribution in [1.82, 2.24) is 25.3 Å². The summed E-state index contributed by atoms with van der Waals surface area (Å²) < 4.78 is 40.2. The number of carbonyl (C=O) groups excluding carboxylic acids is 2. The van der Waals surface area contributed by atoms with E-state index in [1.807, 2.05) is 30.3 Å². The van der Waals surface area contributed by atoms with Crippen molar-refractivity contribution in [3.63, 3.8) is 0 Å². The van der Waals surface area contributed by atoms with Gasteiger partial charge in [0.15, 0.2) is 11.6 Å². The zero-order valence-electron chi connectivity index (χ0n) is 22.7. The van der Waals surface area contributed by atoms with Crippen molar-refractivity contribution in [1.29, 1.82) is 0 Å². The number of para-hydroxylation sites is 1. The first kappa shape index (κ1) is 29.0. The lowest BCUT2D eigenvalue weighted by Gasteiger charge is -2.21. The number of nitrogens with one attached hydrogen (secondary N) is 3. The standard InChI is InChI=1S/C28H34F2N6O4/c1-18-26(36(21-7-5-4-6-8-21)34-27(18)40-13-11-31-19(2)37)33-28(38)32-25-17-35(12-14-39-3)16-22(25)20-9-10-23(29)24(30)15-20/h4-10,15,22,25H,11-14,16-17H2,1-3H3,(H,31,37)(H2,32,33,38)/t22-,25+/m0/s1. The first-order valence-corrected chi connectivity index (χ1v) is 13.0. The van der Waals surface area contributed by atoms with E-state index in [2.05, 4.69) is 25.9 Å². The molecule has 0 radical (unpaired) electrons. The highest BCUT2D eigenvalue weighted by Gasteiger charge is 2.35. The third-order valence-corrected chi connectivity index (χ3v) is 6.72. The number of methoxy groups -OCH3 is 1. The summed E-state index contributed by atoms with van der Waals surface area (Å²) in [5.41, 5.74) is 1.92. The molecule has 3 N–H and O–H groups in total. The Hall–Kier alpha value is -4.03. The first-order chi connectivity index (χ1) is 19.3. The lowest BCUT2D eigenvalue weighted by Crippen LogP contribution is -2.42. The SMILES string of the molecule is COCCN1C[C@@H](NC(=O)Nc2c(C)c(OCCNC(C)=O)nn2-c2ccccc2)[C@H](c2ccc(F)c(F)c2)C1. The summed E-state index contributed by atoms with van der Waals surface area (Å²) >= 11 is 0. The molecule has 3 amide bonds. The fraction of sp³-hybridized carbons (Fsp3) is 0.393. The summed E-state index contributed by atoms with van der Waals surface area (Å²) in [7, 11) is 1.61. The summed E-state index contributed by atoms with van der Waals surface area (Å²) in [5.74, 6) is -1.54. The Labute approximate surface area is 231 Å². The van der Waals surface area contributed by atoms with Gasteiger partial charge in [0.2, 0.25) is 11.8 Å². The molecule has 1 aliphatic heterocycles. The first-order valence-electron chi connectivity index (χ1n) is 13.0. The van der Waals surface area contributed by atoms with Crippen LogP contribution in [0.15, 0.2) is 48.5 Å². The number of benzene rings is 2. The minimum atomic E-state index is -0.926. The maximum atomic E-state index is 14.1. The summed E-state index contributed by atoms with van der Waals surface area (Å²) in [6.07, 6.45) is 0. The average molecular weight is 557 g/mol. The number of amides is 3. The Morgan fingerprint density at radius 2 is 1.85 bits per heavy atom. The van der Waals surface area contributed by atoms with E-state index in [1.54, 1.807) is 24.8 Å². The number of rotatable bonds is 11. The minimum absolute atomic E-state index is 0.163. The molecule has 0 unspecified atom stereocenters. The monoisotopic (exact) mass is 556 g/mol. The fourth-order valence-electron chi connectivity index (χ4n) is 4.72. The van der Waals surface area contributed by atoms with E-state index in [0.717, 1.165) is 6.07 Å². The van der Waals surface area contributed by atoms with Gasteiger partial charge >= 0.3 is 6.03 Å². The minimum Gasteiger partial charge on any atom is -0.474 e. The number of likely N-dealkylation sites (tertiary alicyclic amines) is 1. The van der Waals surface area contributed by atoms with Gasteiger partial charge in [-0.15, -0.1) is 5.10 Å². The maximum Gasteiger partial charge on any atom is 0.320 e. The zero-order valence-corrected chi connectivity index (χ0v) is 22.7. The third kappa shape index (κ3) is 7.13. The molecular formula is C28H34F2N6O4. The van der Waals surface area contributed by atoms with Crippen LogP contribution < -0.4 is 20.7 Å². The van der Waals surface area contributed by atoms with Crippen molar-refractivity contribution in [2.75, 3.05) is 51.8 Å². The Bertz CT molecular complexity index is 1320. The number of halogens is 2. The molecule has 1 aliphatic rings. The lowest BCUT2D eigenvalue weighted by molar-refractivity contribution is -0.119. The molecule has 1 aromatic heterocycles. The van der Waals surface area contributed by atoms with Crippen LogP contribution in [0, 0.1) is 18.6 Å². The predicted octanol–water partition coefficient (Wildman–Crippen LogP) is 3.21. The molecule has 0 spiro atoms. The summed E-state index contributed by atoms with van der Waals surface area (Å²) in [4.78, 5) is 26.6. The van der Waals surface area contributed by atoms with Crippen LogP contribution in [-0.2, 0) is 9.53 Å². The number of ether oxygens (including phenoxy) is 2. The number of anilines is 1. The maximum absolute atomic E-state index is 14.1. The van der Waals surface area contributed by atoms with Gasteiger partial charge in [0.05, 0.1) is 30.4 Å². The van der Waals surface area contributed by atoms with Gasteiger partial charge in [-0.3, -0.25) is 15.0 Å².